The van der Waals surface area contributed by atoms with Gasteiger partial charge >= 0.3 is 0 Å². The number of furan rings is 1. The second-order valence-corrected chi connectivity index (χ2v) is 6.33. The van der Waals surface area contributed by atoms with E-state index in [1.807, 2.05) is 19.0 Å². The maximum atomic E-state index is 13.9. The van der Waals surface area contributed by atoms with Crippen LogP contribution in [0, 0.1) is 5.82 Å². The fourth-order valence-corrected chi connectivity index (χ4v) is 3.14. The lowest BCUT2D eigenvalue weighted by atomic mass is 10.3. The van der Waals surface area contributed by atoms with Crippen LogP contribution >= 0.6 is 11.3 Å². The van der Waals surface area contributed by atoms with Crippen LogP contribution < -0.4 is 4.90 Å². The fraction of sp³-hybridized carbons (Fsp3) is 0.250. The van der Waals surface area contributed by atoms with E-state index in [2.05, 4.69) is 4.98 Å². The number of nitrogens with zero attached hydrogens (tertiary/aromatic N) is 3. The number of carbonyl (C=O) groups excluding carboxylic acids is 1. The molecule has 0 radical (unpaired) electrons. The van der Waals surface area contributed by atoms with Crippen LogP contribution in [0.3, 0.4) is 0 Å². The van der Waals surface area contributed by atoms with Crippen molar-refractivity contribution in [2.24, 2.45) is 0 Å². The second-order valence-electron chi connectivity index (χ2n) is 5.32. The number of benzene rings is 1. The summed E-state index contributed by atoms with van der Waals surface area (Å²) >= 11 is 1.29. The zero-order valence-corrected chi connectivity index (χ0v) is 13.6. The molecule has 1 aromatic carbocycles. The molecule has 2 aromatic heterocycles. The third-order valence-corrected chi connectivity index (χ3v) is 4.38. The number of fused-ring (bicyclic) bond motifs is 1. The van der Waals surface area contributed by atoms with Crippen molar-refractivity contribution in [1.82, 2.24) is 9.88 Å². The lowest BCUT2D eigenvalue weighted by Crippen LogP contribution is -2.36. The Hall–Kier alpha value is -2.25. The summed E-state index contributed by atoms with van der Waals surface area (Å²) in [5.74, 6) is -0.428. The molecular formula is C16H16FN3O2S. The highest BCUT2D eigenvalue weighted by atomic mass is 32.1. The molecule has 0 bridgehead atoms. The van der Waals surface area contributed by atoms with E-state index in [4.69, 9.17) is 4.42 Å². The van der Waals surface area contributed by atoms with Gasteiger partial charge in [0.1, 0.15) is 11.3 Å². The molecule has 7 heteroatoms. The highest BCUT2D eigenvalue weighted by molar-refractivity contribution is 7.22. The Bertz CT molecular complexity index is 814. The largest absolute Gasteiger partial charge is 0.459 e. The SMILES string of the molecule is CN(C)CCN(C(=O)c1ccco1)c1nc2c(F)cccc2s1. The minimum atomic E-state index is -0.386. The number of anilines is 1. The van der Waals surface area contributed by atoms with Gasteiger partial charge in [0.15, 0.2) is 10.9 Å². The van der Waals surface area contributed by atoms with Crippen molar-refractivity contribution >= 4 is 32.6 Å². The molecule has 1 amide bonds. The fourth-order valence-electron chi connectivity index (χ4n) is 2.14. The molecule has 0 saturated carbocycles. The number of aromatic nitrogens is 1. The van der Waals surface area contributed by atoms with E-state index in [0.717, 1.165) is 0 Å². The zero-order chi connectivity index (χ0) is 16.4. The summed E-state index contributed by atoms with van der Waals surface area (Å²) in [4.78, 5) is 20.5. The van der Waals surface area contributed by atoms with Crippen molar-refractivity contribution in [2.75, 3.05) is 32.1 Å². The summed E-state index contributed by atoms with van der Waals surface area (Å²) in [7, 11) is 3.85. The van der Waals surface area contributed by atoms with E-state index in [1.165, 1.54) is 28.6 Å². The molecule has 0 N–H and O–H groups in total. The van der Waals surface area contributed by atoms with Crippen molar-refractivity contribution in [3.05, 3.63) is 48.2 Å². The van der Waals surface area contributed by atoms with Gasteiger partial charge < -0.3 is 9.32 Å². The van der Waals surface area contributed by atoms with Crippen LogP contribution in [0.15, 0.2) is 41.0 Å². The Morgan fingerprint density at radius 3 is 2.74 bits per heavy atom. The summed E-state index contributed by atoms with van der Waals surface area (Å²) in [5, 5.41) is 0.466. The first-order valence-electron chi connectivity index (χ1n) is 7.11. The monoisotopic (exact) mass is 333 g/mol. The van der Waals surface area contributed by atoms with Crippen molar-refractivity contribution in [3.63, 3.8) is 0 Å². The van der Waals surface area contributed by atoms with Gasteiger partial charge in [-0.1, -0.05) is 17.4 Å². The number of amides is 1. The predicted octanol–water partition coefficient (Wildman–Crippen LogP) is 3.24. The van der Waals surface area contributed by atoms with Gasteiger partial charge in [0.2, 0.25) is 0 Å². The van der Waals surface area contributed by atoms with Crippen LogP contribution in [0.25, 0.3) is 10.2 Å². The van der Waals surface area contributed by atoms with E-state index in [-0.39, 0.29) is 23.0 Å². The Morgan fingerprint density at radius 1 is 1.26 bits per heavy atom. The molecule has 0 aliphatic heterocycles. The van der Waals surface area contributed by atoms with E-state index in [1.54, 1.807) is 24.3 Å². The van der Waals surface area contributed by atoms with E-state index >= 15 is 0 Å². The molecule has 0 atom stereocenters. The third kappa shape index (κ3) is 3.25. The van der Waals surface area contributed by atoms with E-state index in [9.17, 15) is 9.18 Å². The highest BCUT2D eigenvalue weighted by Crippen LogP contribution is 2.31. The molecule has 23 heavy (non-hydrogen) atoms. The molecule has 3 rings (SSSR count). The topological polar surface area (TPSA) is 49.6 Å². The standard InChI is InChI=1S/C16H16FN3O2S/c1-19(2)8-9-20(15(21)12-6-4-10-22-12)16-18-14-11(17)5-3-7-13(14)23-16/h3-7,10H,8-9H2,1-2H3. The molecule has 0 unspecified atom stereocenters. The van der Waals surface area contributed by atoms with Crippen LogP contribution in [0.5, 0.6) is 0 Å². The van der Waals surface area contributed by atoms with Crippen LogP contribution in [-0.2, 0) is 0 Å². The van der Waals surface area contributed by atoms with Crippen molar-refractivity contribution in [1.29, 1.82) is 0 Å². The van der Waals surface area contributed by atoms with Crippen LogP contribution in [0.2, 0.25) is 0 Å². The van der Waals surface area contributed by atoms with Crippen molar-refractivity contribution < 1.29 is 13.6 Å². The van der Waals surface area contributed by atoms with Crippen molar-refractivity contribution in [2.45, 2.75) is 0 Å². The average molecular weight is 333 g/mol. The normalized spacial score (nSPS) is 11.3. The third-order valence-electron chi connectivity index (χ3n) is 3.34. The minimum Gasteiger partial charge on any atom is -0.459 e. The van der Waals surface area contributed by atoms with E-state index in [0.29, 0.717) is 22.9 Å². The molecule has 0 saturated heterocycles. The number of rotatable bonds is 5. The number of hydrogen-bond donors (Lipinski definition) is 0. The van der Waals surface area contributed by atoms with E-state index < -0.39 is 0 Å². The van der Waals surface area contributed by atoms with Crippen LogP contribution in [-0.4, -0.2) is 43.0 Å². The summed E-state index contributed by atoms with van der Waals surface area (Å²) in [5.41, 5.74) is 0.287. The summed E-state index contributed by atoms with van der Waals surface area (Å²) < 4.78 is 19.8. The maximum Gasteiger partial charge on any atom is 0.295 e. The maximum absolute atomic E-state index is 13.9. The van der Waals surface area contributed by atoms with Gasteiger partial charge in [0.05, 0.1) is 11.0 Å². The molecule has 5 nitrogen and oxygen atoms in total. The zero-order valence-electron chi connectivity index (χ0n) is 12.8. The van der Waals surface area contributed by atoms with Crippen LogP contribution in [0.1, 0.15) is 10.6 Å². The lowest BCUT2D eigenvalue weighted by Gasteiger charge is -2.20. The molecule has 0 fully saturated rings. The predicted molar refractivity (Wildman–Crippen MR) is 88.5 cm³/mol. The lowest BCUT2D eigenvalue weighted by molar-refractivity contribution is 0.0958. The molecule has 0 aliphatic carbocycles. The van der Waals surface area contributed by atoms with Gasteiger partial charge in [0.25, 0.3) is 5.91 Å². The van der Waals surface area contributed by atoms with Crippen molar-refractivity contribution in [3.8, 4) is 0 Å². The summed E-state index contributed by atoms with van der Waals surface area (Å²) in [6, 6.07) is 8.07. The molecule has 0 aliphatic rings. The smallest absolute Gasteiger partial charge is 0.295 e. The van der Waals surface area contributed by atoms with Gasteiger partial charge in [-0.3, -0.25) is 9.69 Å². The molecule has 2 heterocycles. The Morgan fingerprint density at radius 2 is 2.09 bits per heavy atom. The first-order chi connectivity index (χ1) is 11.1. The van der Waals surface area contributed by atoms with Gasteiger partial charge in [0, 0.05) is 13.1 Å². The Labute approximate surface area is 136 Å². The summed E-state index contributed by atoms with van der Waals surface area (Å²) in [6.45, 7) is 1.10. The Kier molecular flexibility index (Phi) is 4.40. The van der Waals surface area contributed by atoms with Crippen LogP contribution in [0.4, 0.5) is 9.52 Å². The number of carbonyl (C=O) groups is 1. The number of hydrogen-bond acceptors (Lipinski definition) is 5. The quantitative estimate of drug-likeness (QED) is 0.719. The Balaban J connectivity index is 1.98. The minimum absolute atomic E-state index is 0.239. The molecule has 3 aromatic rings. The molecular weight excluding hydrogens is 317 g/mol. The second kappa shape index (κ2) is 6.47. The number of thiazole rings is 1. The average Bonchev–Trinajstić information content (AvgIpc) is 3.16. The van der Waals surface area contributed by atoms with Gasteiger partial charge in [-0.05, 0) is 38.4 Å². The summed E-state index contributed by atoms with van der Waals surface area (Å²) in [6.07, 6.45) is 1.45. The molecule has 0 spiro atoms. The number of para-hydroxylation sites is 1. The molecule has 120 valence electrons. The first kappa shape index (κ1) is 15.6. The van der Waals surface area contributed by atoms with Gasteiger partial charge in [-0.2, -0.15) is 0 Å². The van der Waals surface area contributed by atoms with Gasteiger partial charge in [-0.15, -0.1) is 0 Å². The first-order valence-corrected chi connectivity index (χ1v) is 7.93. The number of likely N-dealkylation sites (N-methyl/N-ethyl adjacent to an activating group) is 1. The number of halogens is 1. The highest BCUT2D eigenvalue weighted by Gasteiger charge is 2.23. The van der Waals surface area contributed by atoms with Gasteiger partial charge in [-0.25, -0.2) is 9.37 Å².